The Kier molecular flexibility index (Phi) is 4.78. The van der Waals surface area contributed by atoms with Crippen LogP contribution in [0.15, 0.2) is 23.1 Å². The van der Waals surface area contributed by atoms with Gasteiger partial charge < -0.3 is 5.73 Å². The molecule has 1 aliphatic carbocycles. The maximum atomic E-state index is 13.3. The molecule has 0 saturated heterocycles. The first-order valence-electron chi connectivity index (χ1n) is 6.95. The van der Waals surface area contributed by atoms with E-state index in [-0.39, 0.29) is 17.5 Å². The van der Waals surface area contributed by atoms with Gasteiger partial charge in [-0.2, -0.15) is 0 Å². The monoisotopic (exact) mass is 300 g/mol. The van der Waals surface area contributed by atoms with Gasteiger partial charge in [0.1, 0.15) is 5.82 Å². The summed E-state index contributed by atoms with van der Waals surface area (Å²) in [7, 11) is -3.73. The molecule has 0 spiro atoms. The van der Waals surface area contributed by atoms with Crippen molar-refractivity contribution < 1.29 is 12.8 Å². The lowest BCUT2D eigenvalue weighted by Gasteiger charge is -2.21. The van der Waals surface area contributed by atoms with Gasteiger partial charge in [0.15, 0.2) is 0 Å². The summed E-state index contributed by atoms with van der Waals surface area (Å²) in [5, 5.41) is 0. The number of sulfonamides is 1. The smallest absolute Gasteiger partial charge is 0.241 e. The van der Waals surface area contributed by atoms with E-state index in [0.717, 1.165) is 31.7 Å². The average molecular weight is 300 g/mol. The molecule has 3 N–H and O–H groups in total. The fourth-order valence-corrected chi connectivity index (χ4v) is 4.38. The quantitative estimate of drug-likeness (QED) is 0.875. The molecule has 1 atom stereocenters. The van der Waals surface area contributed by atoms with Gasteiger partial charge in [-0.15, -0.1) is 0 Å². The highest BCUT2D eigenvalue weighted by Crippen LogP contribution is 2.28. The van der Waals surface area contributed by atoms with Crippen LogP contribution >= 0.6 is 0 Å². The number of hydrogen-bond donors (Lipinski definition) is 2. The van der Waals surface area contributed by atoms with Gasteiger partial charge in [-0.05, 0) is 43.4 Å². The third kappa shape index (κ3) is 3.37. The molecule has 4 nitrogen and oxygen atoms in total. The van der Waals surface area contributed by atoms with Crippen molar-refractivity contribution in [2.24, 2.45) is 11.7 Å². The fraction of sp³-hybridized carbons (Fsp3) is 0.571. The molecular weight excluding hydrogens is 279 g/mol. The second kappa shape index (κ2) is 6.20. The van der Waals surface area contributed by atoms with Crippen molar-refractivity contribution in [1.82, 2.24) is 4.72 Å². The van der Waals surface area contributed by atoms with E-state index in [1.165, 1.54) is 12.1 Å². The highest BCUT2D eigenvalue weighted by Gasteiger charge is 2.27. The van der Waals surface area contributed by atoms with Crippen molar-refractivity contribution >= 4 is 10.0 Å². The van der Waals surface area contributed by atoms with E-state index in [1.54, 1.807) is 0 Å². The SMILES string of the molecule is CC(NS(=O)(=O)c1cc(F)ccc1CN)C1CCCC1. The van der Waals surface area contributed by atoms with Crippen LogP contribution in [0.25, 0.3) is 0 Å². The zero-order valence-electron chi connectivity index (χ0n) is 11.6. The van der Waals surface area contributed by atoms with Crippen LogP contribution in [-0.4, -0.2) is 14.5 Å². The summed E-state index contributed by atoms with van der Waals surface area (Å²) in [6.07, 6.45) is 4.36. The van der Waals surface area contributed by atoms with Crippen molar-refractivity contribution in [2.75, 3.05) is 0 Å². The molecule has 1 saturated carbocycles. The zero-order valence-corrected chi connectivity index (χ0v) is 12.4. The summed E-state index contributed by atoms with van der Waals surface area (Å²) in [4.78, 5) is -0.0511. The van der Waals surface area contributed by atoms with Crippen molar-refractivity contribution in [3.8, 4) is 0 Å². The number of benzene rings is 1. The Labute approximate surface area is 119 Å². The minimum atomic E-state index is -3.73. The maximum Gasteiger partial charge on any atom is 0.241 e. The Hall–Kier alpha value is -0.980. The molecule has 1 aromatic rings. The summed E-state index contributed by atoms with van der Waals surface area (Å²) in [5.41, 5.74) is 5.96. The van der Waals surface area contributed by atoms with Crippen molar-refractivity contribution in [3.05, 3.63) is 29.6 Å². The van der Waals surface area contributed by atoms with Gasteiger partial charge in [0.25, 0.3) is 0 Å². The third-order valence-corrected chi connectivity index (χ3v) is 5.63. The first-order valence-corrected chi connectivity index (χ1v) is 8.43. The van der Waals surface area contributed by atoms with E-state index < -0.39 is 15.8 Å². The van der Waals surface area contributed by atoms with Gasteiger partial charge >= 0.3 is 0 Å². The standard InChI is InChI=1S/C14H21FN2O2S/c1-10(11-4-2-3-5-11)17-20(18,19)14-8-13(15)7-6-12(14)9-16/h6-8,10-11,17H,2-5,9,16H2,1H3. The lowest BCUT2D eigenvalue weighted by atomic mass is 10.0. The van der Waals surface area contributed by atoms with Gasteiger partial charge in [-0.3, -0.25) is 0 Å². The average Bonchev–Trinajstić information content (AvgIpc) is 2.92. The highest BCUT2D eigenvalue weighted by molar-refractivity contribution is 7.89. The summed E-state index contributed by atoms with van der Waals surface area (Å²) in [6, 6.07) is 3.54. The molecule has 2 rings (SSSR count). The van der Waals surface area contributed by atoms with E-state index in [4.69, 9.17) is 5.73 Å². The predicted octanol–water partition coefficient (Wildman–Crippen LogP) is 2.14. The molecule has 1 fully saturated rings. The zero-order chi connectivity index (χ0) is 14.8. The van der Waals surface area contributed by atoms with Crippen LogP contribution in [0.1, 0.15) is 38.2 Å². The Balaban J connectivity index is 2.23. The van der Waals surface area contributed by atoms with Gasteiger partial charge in [-0.25, -0.2) is 17.5 Å². The molecule has 1 unspecified atom stereocenters. The number of halogens is 1. The van der Waals surface area contributed by atoms with Crippen molar-refractivity contribution in [2.45, 2.75) is 50.1 Å². The molecular formula is C14H21FN2O2S. The fourth-order valence-electron chi connectivity index (χ4n) is 2.81. The lowest BCUT2D eigenvalue weighted by Crippen LogP contribution is -2.37. The van der Waals surface area contributed by atoms with E-state index >= 15 is 0 Å². The highest BCUT2D eigenvalue weighted by atomic mass is 32.2. The van der Waals surface area contributed by atoms with Crippen LogP contribution in [0.3, 0.4) is 0 Å². The molecule has 0 aliphatic heterocycles. The number of nitrogens with one attached hydrogen (secondary N) is 1. The molecule has 1 aliphatic rings. The van der Waals surface area contributed by atoms with Crippen LogP contribution in [0.4, 0.5) is 4.39 Å². The summed E-state index contributed by atoms with van der Waals surface area (Å²) < 4.78 is 40.8. The van der Waals surface area contributed by atoms with Crippen molar-refractivity contribution in [3.63, 3.8) is 0 Å². The van der Waals surface area contributed by atoms with Gasteiger partial charge in [0.2, 0.25) is 10.0 Å². The van der Waals surface area contributed by atoms with E-state index in [1.807, 2.05) is 6.92 Å². The number of rotatable bonds is 5. The normalized spacial score (nSPS) is 18.4. The molecule has 0 bridgehead atoms. The van der Waals surface area contributed by atoms with Crippen LogP contribution in [0.5, 0.6) is 0 Å². The molecule has 112 valence electrons. The van der Waals surface area contributed by atoms with Crippen LogP contribution in [-0.2, 0) is 16.6 Å². The minimum Gasteiger partial charge on any atom is -0.326 e. The first kappa shape index (κ1) is 15.4. The molecule has 0 heterocycles. The minimum absolute atomic E-state index is 0.0511. The second-order valence-corrected chi connectivity index (χ2v) is 7.09. The van der Waals surface area contributed by atoms with Gasteiger partial charge in [0, 0.05) is 12.6 Å². The Morgan fingerprint density at radius 2 is 2.05 bits per heavy atom. The van der Waals surface area contributed by atoms with Crippen LogP contribution in [0.2, 0.25) is 0 Å². The second-order valence-electron chi connectivity index (χ2n) is 5.41. The number of nitrogens with two attached hydrogens (primary N) is 1. The molecule has 0 amide bonds. The van der Waals surface area contributed by atoms with Crippen LogP contribution < -0.4 is 10.5 Å². The Bertz CT molecular complexity index is 569. The summed E-state index contributed by atoms with van der Waals surface area (Å²) in [5.74, 6) is -0.212. The maximum absolute atomic E-state index is 13.3. The molecule has 1 aromatic carbocycles. The van der Waals surface area contributed by atoms with E-state index in [2.05, 4.69) is 4.72 Å². The molecule has 6 heteroatoms. The largest absolute Gasteiger partial charge is 0.326 e. The summed E-state index contributed by atoms with van der Waals surface area (Å²) in [6.45, 7) is 1.93. The molecule has 0 aromatic heterocycles. The van der Waals surface area contributed by atoms with Gasteiger partial charge in [0.05, 0.1) is 4.90 Å². The van der Waals surface area contributed by atoms with Gasteiger partial charge in [-0.1, -0.05) is 18.9 Å². The molecule has 20 heavy (non-hydrogen) atoms. The van der Waals surface area contributed by atoms with Crippen molar-refractivity contribution in [1.29, 1.82) is 0 Å². The summed E-state index contributed by atoms with van der Waals surface area (Å²) >= 11 is 0. The van der Waals surface area contributed by atoms with E-state index in [0.29, 0.717) is 11.5 Å². The third-order valence-electron chi connectivity index (χ3n) is 3.99. The first-order chi connectivity index (χ1) is 9.44. The molecule has 0 radical (unpaired) electrons. The van der Waals surface area contributed by atoms with E-state index in [9.17, 15) is 12.8 Å². The lowest BCUT2D eigenvalue weighted by molar-refractivity contribution is 0.423. The Morgan fingerprint density at radius 3 is 2.65 bits per heavy atom. The topological polar surface area (TPSA) is 72.2 Å². The predicted molar refractivity (Wildman–Crippen MR) is 76.0 cm³/mol. The Morgan fingerprint density at radius 1 is 1.40 bits per heavy atom. The number of hydrogen-bond acceptors (Lipinski definition) is 3. The van der Waals surface area contributed by atoms with Crippen LogP contribution in [0, 0.1) is 11.7 Å².